The van der Waals surface area contributed by atoms with Gasteiger partial charge in [-0.25, -0.2) is 0 Å². The third kappa shape index (κ3) is 4.27. The quantitative estimate of drug-likeness (QED) is 0.554. The number of hydrogen-bond acceptors (Lipinski definition) is 3. The summed E-state index contributed by atoms with van der Waals surface area (Å²) in [6.45, 7) is 2.32. The molecule has 0 N–H and O–H groups in total. The second-order valence-corrected chi connectivity index (χ2v) is 6.85. The number of hydrogen-bond donors (Lipinski definition) is 0. The van der Waals surface area contributed by atoms with Gasteiger partial charge in [0.15, 0.2) is 0 Å². The number of nitriles is 1. The van der Waals surface area contributed by atoms with Crippen LogP contribution in [0.1, 0.15) is 34.6 Å². The zero-order valence-corrected chi connectivity index (χ0v) is 16.0. The molecule has 0 bridgehead atoms. The van der Waals surface area contributed by atoms with Crippen molar-refractivity contribution in [2.45, 2.75) is 32.0 Å². The van der Waals surface area contributed by atoms with E-state index < -0.39 is 23.6 Å². The number of aromatic nitrogens is 1. The maximum absolute atomic E-state index is 12.8. The van der Waals surface area contributed by atoms with Crippen LogP contribution < -0.4 is 0 Å². The lowest BCUT2D eigenvalue weighted by atomic mass is 9.95. The molecule has 0 spiro atoms. The topological polar surface area (TPSA) is 55.0 Å². The van der Waals surface area contributed by atoms with Crippen molar-refractivity contribution in [1.29, 1.82) is 5.26 Å². The summed E-state index contributed by atoms with van der Waals surface area (Å²) >= 11 is 0. The zero-order chi connectivity index (χ0) is 21.2. The van der Waals surface area contributed by atoms with Crippen molar-refractivity contribution in [1.82, 2.24) is 4.57 Å². The molecule has 4 nitrogen and oxygen atoms in total. The molecule has 0 saturated carbocycles. The molecular weight excluding hydrogens is 381 g/mol. The van der Waals surface area contributed by atoms with Crippen LogP contribution in [0.4, 0.5) is 13.2 Å². The highest BCUT2D eigenvalue weighted by molar-refractivity contribution is 5.87. The Hall–Kier alpha value is -3.27. The van der Waals surface area contributed by atoms with Crippen molar-refractivity contribution >= 4 is 16.9 Å². The first kappa shape index (κ1) is 20.5. The van der Waals surface area contributed by atoms with E-state index in [-0.39, 0.29) is 6.42 Å². The van der Waals surface area contributed by atoms with E-state index >= 15 is 0 Å². The molecule has 29 heavy (non-hydrogen) atoms. The van der Waals surface area contributed by atoms with Gasteiger partial charge in [-0.15, -0.1) is 0 Å². The SMILES string of the molecule is COC(=O)C(CC#N)c1ccc2c(C)cn(Cc3ccc(C(F)(F)F)cc3)c2c1. The fourth-order valence-corrected chi connectivity index (χ4v) is 3.41. The summed E-state index contributed by atoms with van der Waals surface area (Å²) in [5.41, 5.74) is 2.55. The van der Waals surface area contributed by atoms with Crippen molar-refractivity contribution in [3.63, 3.8) is 0 Å². The average Bonchev–Trinajstić information content (AvgIpc) is 3.00. The molecule has 0 aliphatic rings. The summed E-state index contributed by atoms with van der Waals surface area (Å²) in [6.07, 6.45) is -2.45. The molecule has 150 valence electrons. The highest BCUT2D eigenvalue weighted by Gasteiger charge is 2.30. The van der Waals surface area contributed by atoms with Crippen molar-refractivity contribution in [2.75, 3.05) is 7.11 Å². The van der Waals surface area contributed by atoms with Crippen LogP contribution in [0.5, 0.6) is 0 Å². The van der Waals surface area contributed by atoms with Crippen molar-refractivity contribution in [3.05, 3.63) is 70.9 Å². The lowest BCUT2D eigenvalue weighted by Gasteiger charge is -2.13. The van der Waals surface area contributed by atoms with Gasteiger partial charge in [-0.1, -0.05) is 24.3 Å². The second kappa shape index (κ2) is 8.00. The van der Waals surface area contributed by atoms with E-state index in [4.69, 9.17) is 10.00 Å². The van der Waals surface area contributed by atoms with E-state index in [1.165, 1.54) is 19.2 Å². The molecule has 0 saturated heterocycles. The number of esters is 1. The second-order valence-electron chi connectivity index (χ2n) is 6.85. The molecular formula is C22H19F3N2O2. The Bertz CT molecular complexity index is 1080. The first-order valence-corrected chi connectivity index (χ1v) is 8.95. The largest absolute Gasteiger partial charge is 0.469 e. The number of benzene rings is 2. The first-order valence-electron chi connectivity index (χ1n) is 8.95. The number of ether oxygens (including phenoxy) is 1. The Labute approximate surface area is 166 Å². The van der Waals surface area contributed by atoms with Crippen molar-refractivity contribution in [2.24, 2.45) is 0 Å². The van der Waals surface area contributed by atoms with Crippen LogP contribution >= 0.6 is 0 Å². The lowest BCUT2D eigenvalue weighted by Crippen LogP contribution is -2.14. The molecule has 0 fully saturated rings. The minimum absolute atomic E-state index is 0.00320. The number of halogens is 3. The molecule has 0 radical (unpaired) electrons. The Morgan fingerprint density at radius 2 is 1.90 bits per heavy atom. The van der Waals surface area contributed by atoms with Crippen LogP contribution in [-0.4, -0.2) is 17.6 Å². The van der Waals surface area contributed by atoms with Crippen molar-refractivity contribution < 1.29 is 22.7 Å². The molecule has 0 aliphatic carbocycles. The van der Waals surface area contributed by atoms with E-state index in [9.17, 15) is 18.0 Å². The number of fused-ring (bicyclic) bond motifs is 1. The summed E-state index contributed by atoms with van der Waals surface area (Å²) in [5, 5.41) is 10.0. The summed E-state index contributed by atoms with van der Waals surface area (Å²) in [6, 6.07) is 12.6. The Morgan fingerprint density at radius 1 is 1.21 bits per heavy atom. The fraction of sp³-hybridized carbons (Fsp3) is 0.273. The van der Waals surface area contributed by atoms with Crippen molar-refractivity contribution in [3.8, 4) is 6.07 Å². The third-order valence-electron chi connectivity index (χ3n) is 4.92. The number of methoxy groups -OCH3 is 1. The summed E-state index contributed by atoms with van der Waals surface area (Å²) < 4.78 is 45.0. The van der Waals surface area contributed by atoms with Gasteiger partial charge in [0.1, 0.15) is 0 Å². The standard InChI is InChI=1S/C22H19F3N2O2/c1-14-12-27(13-15-3-6-17(7-4-15)22(23,24)25)20-11-16(5-8-18(14)20)19(9-10-26)21(28)29-2/h3-8,11-12,19H,9,13H2,1-2H3. The molecule has 1 atom stereocenters. The highest BCUT2D eigenvalue weighted by Crippen LogP contribution is 2.31. The van der Waals surface area contributed by atoms with E-state index in [2.05, 4.69) is 0 Å². The van der Waals surface area contributed by atoms with Gasteiger partial charge in [-0.05, 0) is 41.8 Å². The monoisotopic (exact) mass is 400 g/mol. The fourth-order valence-electron chi connectivity index (χ4n) is 3.41. The van der Waals surface area contributed by atoms with Gasteiger partial charge in [0.25, 0.3) is 0 Å². The van der Waals surface area contributed by atoms with Crippen LogP contribution in [0.2, 0.25) is 0 Å². The first-order chi connectivity index (χ1) is 13.7. The van der Waals surface area contributed by atoms with Gasteiger partial charge in [-0.3, -0.25) is 4.79 Å². The molecule has 1 aromatic heterocycles. The van der Waals surface area contributed by atoms with Gasteiger partial charge >= 0.3 is 12.1 Å². The van der Waals surface area contributed by atoms with Crippen LogP contribution in [0.15, 0.2) is 48.7 Å². The smallest absolute Gasteiger partial charge is 0.416 e. The minimum atomic E-state index is -4.37. The predicted octanol–water partition coefficient (Wildman–Crippen LogP) is 5.19. The van der Waals surface area contributed by atoms with E-state index in [0.717, 1.165) is 34.2 Å². The average molecular weight is 400 g/mol. The number of rotatable bonds is 5. The lowest BCUT2D eigenvalue weighted by molar-refractivity contribution is -0.142. The molecule has 1 unspecified atom stereocenters. The van der Waals surface area contributed by atoms with E-state index in [1.807, 2.05) is 35.9 Å². The van der Waals surface area contributed by atoms with Gasteiger partial charge in [0.05, 0.1) is 31.1 Å². The third-order valence-corrected chi connectivity index (χ3v) is 4.92. The number of carbonyl (C=O) groups is 1. The highest BCUT2D eigenvalue weighted by atomic mass is 19.4. The Morgan fingerprint density at radius 3 is 2.48 bits per heavy atom. The Kier molecular flexibility index (Phi) is 5.64. The molecule has 3 aromatic rings. The minimum Gasteiger partial charge on any atom is -0.469 e. The van der Waals surface area contributed by atoms with Gasteiger partial charge < -0.3 is 9.30 Å². The van der Waals surface area contributed by atoms with E-state index in [0.29, 0.717) is 12.1 Å². The Balaban J connectivity index is 1.98. The molecule has 1 heterocycles. The normalized spacial score (nSPS) is 12.6. The number of alkyl halides is 3. The maximum atomic E-state index is 12.8. The van der Waals surface area contributed by atoms with Gasteiger partial charge in [-0.2, -0.15) is 18.4 Å². The van der Waals surface area contributed by atoms with Crippen LogP contribution in [-0.2, 0) is 22.3 Å². The predicted molar refractivity (Wildman–Crippen MR) is 102 cm³/mol. The molecule has 0 aliphatic heterocycles. The maximum Gasteiger partial charge on any atom is 0.416 e. The number of aryl methyl sites for hydroxylation is 1. The van der Waals surface area contributed by atoms with Gasteiger partial charge in [0.2, 0.25) is 0 Å². The van der Waals surface area contributed by atoms with Crippen LogP contribution in [0.3, 0.4) is 0 Å². The van der Waals surface area contributed by atoms with Gasteiger partial charge in [0, 0.05) is 23.6 Å². The molecule has 3 rings (SSSR count). The van der Waals surface area contributed by atoms with Crippen LogP contribution in [0, 0.1) is 18.3 Å². The molecule has 0 amide bonds. The van der Waals surface area contributed by atoms with Crippen LogP contribution in [0.25, 0.3) is 10.9 Å². The van der Waals surface area contributed by atoms with E-state index in [1.54, 1.807) is 6.07 Å². The summed E-state index contributed by atoms with van der Waals surface area (Å²) in [5.74, 6) is -1.17. The zero-order valence-electron chi connectivity index (χ0n) is 16.0. The number of nitrogens with zero attached hydrogens (tertiary/aromatic N) is 2. The molecule has 7 heteroatoms. The summed E-state index contributed by atoms with van der Waals surface area (Å²) in [4.78, 5) is 12.1. The number of carbonyl (C=O) groups excluding carboxylic acids is 1. The molecule has 2 aromatic carbocycles. The summed E-state index contributed by atoms with van der Waals surface area (Å²) in [7, 11) is 1.28.